The van der Waals surface area contributed by atoms with Crippen LogP contribution in [0.25, 0.3) is 0 Å². The highest BCUT2D eigenvalue weighted by Gasteiger charge is 2.41. The molecule has 0 radical (unpaired) electrons. The summed E-state index contributed by atoms with van der Waals surface area (Å²) in [6, 6.07) is 0. The maximum Gasteiger partial charge on any atom is 0.0148 e. The Morgan fingerprint density at radius 1 is 1.00 bits per heavy atom. The average Bonchev–Trinajstić information content (AvgIpc) is 2.85. The molecule has 2 aliphatic carbocycles. The molecule has 2 fully saturated rings. The number of fused-ring (bicyclic) bond motifs is 2. The molecule has 0 spiro atoms. The molecule has 0 unspecified atom stereocenters. The van der Waals surface area contributed by atoms with E-state index in [1.165, 1.54) is 45.1 Å². The van der Waals surface area contributed by atoms with Crippen molar-refractivity contribution >= 4 is 0 Å². The SMILES string of the molecule is CCC(C)(CC)NCC1C2CCC1CC2. The summed E-state index contributed by atoms with van der Waals surface area (Å²) in [4.78, 5) is 0. The lowest BCUT2D eigenvalue weighted by Crippen LogP contribution is -2.44. The van der Waals surface area contributed by atoms with E-state index in [2.05, 4.69) is 26.1 Å². The third kappa shape index (κ3) is 2.22. The summed E-state index contributed by atoms with van der Waals surface area (Å²) in [5.41, 5.74) is 0.391. The van der Waals surface area contributed by atoms with Gasteiger partial charge in [-0.15, -0.1) is 0 Å². The van der Waals surface area contributed by atoms with Crippen LogP contribution in [0.5, 0.6) is 0 Å². The van der Waals surface area contributed by atoms with Crippen LogP contribution in [0.2, 0.25) is 0 Å². The molecule has 2 aliphatic rings. The van der Waals surface area contributed by atoms with Crippen molar-refractivity contribution in [3.05, 3.63) is 0 Å². The Bertz CT molecular complexity index is 187. The Kier molecular flexibility index (Phi) is 3.39. The van der Waals surface area contributed by atoms with Gasteiger partial charge in [0.15, 0.2) is 0 Å². The molecule has 0 amide bonds. The van der Waals surface area contributed by atoms with Crippen molar-refractivity contribution in [2.75, 3.05) is 6.54 Å². The van der Waals surface area contributed by atoms with Crippen molar-refractivity contribution < 1.29 is 0 Å². The highest BCUT2D eigenvalue weighted by Crippen LogP contribution is 2.49. The second-order valence-electron chi connectivity index (χ2n) is 5.99. The van der Waals surface area contributed by atoms with Gasteiger partial charge in [-0.2, -0.15) is 0 Å². The summed E-state index contributed by atoms with van der Waals surface area (Å²) in [5.74, 6) is 3.16. The minimum absolute atomic E-state index is 0.391. The second kappa shape index (κ2) is 4.45. The normalized spacial score (nSPS) is 35.0. The number of rotatable bonds is 5. The molecule has 0 aliphatic heterocycles. The third-order valence-electron chi connectivity index (χ3n) is 5.35. The third-order valence-corrected chi connectivity index (χ3v) is 5.35. The molecule has 0 heterocycles. The number of nitrogens with one attached hydrogen (secondary N) is 1. The fraction of sp³-hybridized carbons (Fsp3) is 1.00. The van der Waals surface area contributed by atoms with Crippen LogP contribution in [-0.2, 0) is 0 Å². The lowest BCUT2D eigenvalue weighted by molar-refractivity contribution is 0.277. The highest BCUT2D eigenvalue weighted by molar-refractivity contribution is 4.94. The maximum atomic E-state index is 3.84. The zero-order chi connectivity index (χ0) is 10.9. The van der Waals surface area contributed by atoms with Gasteiger partial charge in [-0.3, -0.25) is 0 Å². The molecule has 0 aromatic carbocycles. The van der Waals surface area contributed by atoms with E-state index in [-0.39, 0.29) is 0 Å². The topological polar surface area (TPSA) is 12.0 Å². The first-order valence-electron chi connectivity index (χ1n) is 6.93. The lowest BCUT2D eigenvalue weighted by atomic mass is 9.92. The van der Waals surface area contributed by atoms with E-state index in [1.54, 1.807) is 0 Å². The summed E-state index contributed by atoms with van der Waals surface area (Å²) in [6.45, 7) is 8.27. The molecule has 0 saturated heterocycles. The van der Waals surface area contributed by atoms with Gasteiger partial charge in [0.25, 0.3) is 0 Å². The van der Waals surface area contributed by atoms with Crippen LogP contribution in [0.3, 0.4) is 0 Å². The first kappa shape index (κ1) is 11.4. The summed E-state index contributed by atoms with van der Waals surface area (Å²) < 4.78 is 0. The van der Waals surface area contributed by atoms with Crippen LogP contribution in [0, 0.1) is 17.8 Å². The highest BCUT2D eigenvalue weighted by atomic mass is 15.0. The van der Waals surface area contributed by atoms with Crippen molar-refractivity contribution in [3.63, 3.8) is 0 Å². The van der Waals surface area contributed by atoms with E-state index in [0.717, 1.165) is 17.8 Å². The molecule has 0 aromatic rings. The molecular weight excluding hydrogens is 182 g/mol. The van der Waals surface area contributed by atoms with Gasteiger partial charge in [-0.1, -0.05) is 13.8 Å². The maximum absolute atomic E-state index is 3.84. The van der Waals surface area contributed by atoms with Gasteiger partial charge in [0.05, 0.1) is 0 Å². The summed E-state index contributed by atoms with van der Waals surface area (Å²) in [6.07, 6.45) is 8.59. The molecule has 2 saturated carbocycles. The molecule has 0 aromatic heterocycles. The monoisotopic (exact) mass is 209 g/mol. The Balaban J connectivity index is 1.83. The molecule has 1 N–H and O–H groups in total. The van der Waals surface area contributed by atoms with Crippen LogP contribution < -0.4 is 5.32 Å². The molecule has 15 heavy (non-hydrogen) atoms. The van der Waals surface area contributed by atoms with Crippen molar-refractivity contribution in [2.45, 2.75) is 64.8 Å². The van der Waals surface area contributed by atoms with E-state index < -0.39 is 0 Å². The van der Waals surface area contributed by atoms with Gasteiger partial charge >= 0.3 is 0 Å². The predicted molar refractivity (Wildman–Crippen MR) is 65.9 cm³/mol. The smallest absolute Gasteiger partial charge is 0.0148 e. The standard InChI is InChI=1S/C14H27N/c1-4-14(3,5-2)15-10-13-11-6-7-12(13)9-8-11/h11-13,15H,4-10H2,1-3H3. The minimum atomic E-state index is 0.391. The van der Waals surface area contributed by atoms with Gasteiger partial charge in [-0.05, 0) is 69.7 Å². The van der Waals surface area contributed by atoms with E-state index >= 15 is 0 Å². The first-order valence-corrected chi connectivity index (χ1v) is 6.93. The predicted octanol–water partition coefficient (Wildman–Crippen LogP) is 3.59. The van der Waals surface area contributed by atoms with Crippen LogP contribution in [0.15, 0.2) is 0 Å². The van der Waals surface area contributed by atoms with Gasteiger partial charge in [0.2, 0.25) is 0 Å². The minimum Gasteiger partial charge on any atom is -0.311 e. The molecule has 2 rings (SSSR count). The van der Waals surface area contributed by atoms with Gasteiger partial charge < -0.3 is 5.32 Å². The van der Waals surface area contributed by atoms with E-state index in [9.17, 15) is 0 Å². The zero-order valence-corrected chi connectivity index (χ0v) is 10.7. The largest absolute Gasteiger partial charge is 0.311 e. The molecular formula is C14H27N. The second-order valence-corrected chi connectivity index (χ2v) is 5.99. The Morgan fingerprint density at radius 2 is 1.47 bits per heavy atom. The van der Waals surface area contributed by atoms with Crippen LogP contribution in [0.1, 0.15) is 59.3 Å². The summed E-state index contributed by atoms with van der Waals surface area (Å²) in [7, 11) is 0. The van der Waals surface area contributed by atoms with E-state index in [1.807, 2.05) is 0 Å². The summed E-state index contributed by atoms with van der Waals surface area (Å²) in [5, 5.41) is 3.84. The number of hydrogen-bond donors (Lipinski definition) is 1. The number of hydrogen-bond acceptors (Lipinski definition) is 1. The first-order chi connectivity index (χ1) is 7.18. The van der Waals surface area contributed by atoms with Gasteiger partial charge in [0.1, 0.15) is 0 Å². The Hall–Kier alpha value is -0.0400. The lowest BCUT2D eigenvalue weighted by Gasteiger charge is -2.31. The van der Waals surface area contributed by atoms with Crippen LogP contribution >= 0.6 is 0 Å². The summed E-state index contributed by atoms with van der Waals surface area (Å²) >= 11 is 0. The molecule has 1 heteroatoms. The quantitative estimate of drug-likeness (QED) is 0.729. The van der Waals surface area contributed by atoms with Crippen LogP contribution in [0.4, 0.5) is 0 Å². The zero-order valence-electron chi connectivity index (χ0n) is 10.7. The van der Waals surface area contributed by atoms with Crippen LogP contribution in [-0.4, -0.2) is 12.1 Å². The molecule has 1 nitrogen and oxygen atoms in total. The molecule has 88 valence electrons. The molecule has 0 atom stereocenters. The average molecular weight is 209 g/mol. The van der Waals surface area contributed by atoms with Crippen molar-refractivity contribution in [1.82, 2.24) is 5.32 Å². The van der Waals surface area contributed by atoms with Crippen molar-refractivity contribution in [1.29, 1.82) is 0 Å². The molecule has 2 bridgehead atoms. The fourth-order valence-electron chi connectivity index (χ4n) is 3.58. The Morgan fingerprint density at radius 3 is 1.87 bits per heavy atom. The Labute approximate surface area is 95.0 Å². The fourth-order valence-corrected chi connectivity index (χ4v) is 3.58. The van der Waals surface area contributed by atoms with Crippen molar-refractivity contribution in [3.8, 4) is 0 Å². The van der Waals surface area contributed by atoms with E-state index in [4.69, 9.17) is 0 Å². The van der Waals surface area contributed by atoms with E-state index in [0.29, 0.717) is 5.54 Å². The van der Waals surface area contributed by atoms with Gasteiger partial charge in [-0.25, -0.2) is 0 Å². The van der Waals surface area contributed by atoms with Crippen molar-refractivity contribution in [2.24, 2.45) is 17.8 Å². The van der Waals surface area contributed by atoms with Gasteiger partial charge in [0, 0.05) is 5.54 Å².